The summed E-state index contributed by atoms with van der Waals surface area (Å²) in [5.41, 5.74) is 1.52. The Balaban J connectivity index is 1.82. The molecular formula is C20H33N. The molecule has 1 fully saturated rings. The van der Waals surface area contributed by atoms with Gasteiger partial charge in [-0.25, -0.2) is 0 Å². The smallest absolute Gasteiger partial charge is 0.00922 e. The summed E-state index contributed by atoms with van der Waals surface area (Å²) in [5.74, 6) is 0.724. The van der Waals surface area contributed by atoms with E-state index >= 15 is 0 Å². The van der Waals surface area contributed by atoms with Crippen molar-refractivity contribution in [2.45, 2.75) is 76.7 Å². The molecule has 0 bridgehead atoms. The Bertz CT molecular complexity index is 365. The van der Waals surface area contributed by atoms with E-state index in [2.05, 4.69) is 49.2 Å². The zero-order chi connectivity index (χ0) is 14.9. The van der Waals surface area contributed by atoms with Crippen LogP contribution in [0.4, 0.5) is 0 Å². The van der Waals surface area contributed by atoms with E-state index in [-0.39, 0.29) is 0 Å². The number of hydrogen-bond donors (Lipinski definition) is 0. The van der Waals surface area contributed by atoms with Crippen LogP contribution in [0.5, 0.6) is 0 Å². The van der Waals surface area contributed by atoms with Gasteiger partial charge in [0, 0.05) is 6.04 Å². The van der Waals surface area contributed by atoms with E-state index in [1.54, 1.807) is 0 Å². The average molecular weight is 287 g/mol. The van der Waals surface area contributed by atoms with Gasteiger partial charge in [0.05, 0.1) is 0 Å². The van der Waals surface area contributed by atoms with E-state index in [1.165, 1.54) is 69.9 Å². The Hall–Kier alpha value is -0.820. The summed E-state index contributed by atoms with van der Waals surface area (Å²) in [6.45, 7) is 3.57. The number of benzene rings is 1. The zero-order valence-electron chi connectivity index (χ0n) is 14.1. The van der Waals surface area contributed by atoms with Gasteiger partial charge in [0.25, 0.3) is 0 Å². The van der Waals surface area contributed by atoms with E-state index in [4.69, 9.17) is 0 Å². The minimum atomic E-state index is 0.724. The second-order valence-corrected chi connectivity index (χ2v) is 6.78. The van der Waals surface area contributed by atoms with E-state index in [1.807, 2.05) is 0 Å². The predicted octanol–water partition coefficient (Wildman–Crippen LogP) is 5.62. The summed E-state index contributed by atoms with van der Waals surface area (Å²) in [5, 5.41) is 0. The van der Waals surface area contributed by atoms with Crippen LogP contribution in [-0.2, 0) is 0 Å². The van der Waals surface area contributed by atoms with Crippen molar-refractivity contribution in [3.63, 3.8) is 0 Å². The van der Waals surface area contributed by atoms with Crippen LogP contribution < -0.4 is 0 Å². The molecule has 1 saturated carbocycles. The SMILES string of the molecule is CCC(CCN(C)C1CCCCCCC1)c1ccccc1. The molecule has 2 rings (SSSR count). The molecule has 1 unspecified atom stereocenters. The molecule has 1 aromatic rings. The van der Waals surface area contributed by atoms with E-state index in [0.717, 1.165) is 12.0 Å². The monoisotopic (exact) mass is 287 g/mol. The van der Waals surface area contributed by atoms with Gasteiger partial charge in [-0.2, -0.15) is 0 Å². The molecule has 0 spiro atoms. The predicted molar refractivity (Wildman–Crippen MR) is 92.8 cm³/mol. The van der Waals surface area contributed by atoms with Crippen LogP contribution in [0.2, 0.25) is 0 Å². The molecule has 0 saturated heterocycles. The first kappa shape index (κ1) is 16.5. The molecular weight excluding hydrogens is 254 g/mol. The molecule has 118 valence electrons. The van der Waals surface area contributed by atoms with E-state index in [9.17, 15) is 0 Å². The first-order chi connectivity index (χ1) is 10.3. The van der Waals surface area contributed by atoms with Crippen molar-refractivity contribution in [3.05, 3.63) is 35.9 Å². The lowest BCUT2D eigenvalue weighted by Crippen LogP contribution is -2.33. The maximum Gasteiger partial charge on any atom is 0.00922 e. The third-order valence-corrected chi connectivity index (χ3v) is 5.29. The van der Waals surface area contributed by atoms with Crippen LogP contribution >= 0.6 is 0 Å². The molecule has 21 heavy (non-hydrogen) atoms. The maximum absolute atomic E-state index is 2.65. The number of rotatable bonds is 6. The summed E-state index contributed by atoms with van der Waals surface area (Å²) >= 11 is 0. The van der Waals surface area contributed by atoms with Crippen LogP contribution in [0.1, 0.15) is 76.2 Å². The molecule has 1 aliphatic carbocycles. The van der Waals surface area contributed by atoms with Gasteiger partial charge < -0.3 is 4.90 Å². The first-order valence-corrected chi connectivity index (χ1v) is 9.06. The van der Waals surface area contributed by atoms with Crippen molar-refractivity contribution in [1.82, 2.24) is 4.90 Å². The number of hydrogen-bond acceptors (Lipinski definition) is 1. The Morgan fingerprint density at radius 2 is 1.62 bits per heavy atom. The lowest BCUT2D eigenvalue weighted by atomic mass is 9.92. The molecule has 1 aliphatic rings. The number of nitrogens with zero attached hydrogens (tertiary/aromatic N) is 1. The molecule has 1 heteroatoms. The van der Waals surface area contributed by atoms with E-state index < -0.39 is 0 Å². The highest BCUT2D eigenvalue weighted by atomic mass is 15.1. The van der Waals surface area contributed by atoms with Crippen molar-refractivity contribution >= 4 is 0 Å². The summed E-state index contributed by atoms with van der Waals surface area (Å²) in [6, 6.07) is 11.9. The Labute approximate surface area is 131 Å². The fourth-order valence-electron chi connectivity index (χ4n) is 3.75. The zero-order valence-corrected chi connectivity index (χ0v) is 14.1. The van der Waals surface area contributed by atoms with Gasteiger partial charge in [0.2, 0.25) is 0 Å². The molecule has 0 aliphatic heterocycles. The van der Waals surface area contributed by atoms with E-state index in [0.29, 0.717) is 0 Å². The normalized spacial score (nSPS) is 19.2. The van der Waals surface area contributed by atoms with Crippen LogP contribution in [-0.4, -0.2) is 24.5 Å². The second kappa shape index (κ2) is 9.25. The Morgan fingerprint density at radius 1 is 1.00 bits per heavy atom. The fraction of sp³-hybridized carbons (Fsp3) is 0.700. The van der Waals surface area contributed by atoms with Gasteiger partial charge in [0.15, 0.2) is 0 Å². The summed E-state index contributed by atoms with van der Waals surface area (Å²) < 4.78 is 0. The molecule has 1 nitrogen and oxygen atoms in total. The van der Waals surface area contributed by atoms with Gasteiger partial charge in [-0.1, -0.05) is 69.4 Å². The van der Waals surface area contributed by atoms with Crippen LogP contribution in [0.3, 0.4) is 0 Å². The van der Waals surface area contributed by atoms with Crippen molar-refractivity contribution in [2.75, 3.05) is 13.6 Å². The van der Waals surface area contributed by atoms with Gasteiger partial charge in [-0.05, 0) is 50.8 Å². The van der Waals surface area contributed by atoms with Crippen LogP contribution in [0, 0.1) is 0 Å². The standard InChI is InChI=1S/C20H33N/c1-3-18(19-12-8-7-9-13-19)16-17-21(2)20-14-10-5-4-6-11-15-20/h7-9,12-13,18,20H,3-6,10-11,14-17H2,1-2H3. The van der Waals surface area contributed by atoms with Crippen LogP contribution in [0.15, 0.2) is 30.3 Å². The summed E-state index contributed by atoms with van der Waals surface area (Å²) in [7, 11) is 2.35. The average Bonchev–Trinajstić information content (AvgIpc) is 2.48. The highest BCUT2D eigenvalue weighted by molar-refractivity contribution is 5.19. The first-order valence-electron chi connectivity index (χ1n) is 9.06. The van der Waals surface area contributed by atoms with Crippen molar-refractivity contribution < 1.29 is 0 Å². The van der Waals surface area contributed by atoms with Gasteiger partial charge in [-0.15, -0.1) is 0 Å². The Morgan fingerprint density at radius 3 is 2.24 bits per heavy atom. The minimum absolute atomic E-state index is 0.724. The lowest BCUT2D eigenvalue weighted by molar-refractivity contribution is 0.196. The van der Waals surface area contributed by atoms with Gasteiger partial charge in [0.1, 0.15) is 0 Å². The summed E-state index contributed by atoms with van der Waals surface area (Å²) in [4.78, 5) is 2.65. The van der Waals surface area contributed by atoms with Crippen LogP contribution in [0.25, 0.3) is 0 Å². The minimum Gasteiger partial charge on any atom is -0.303 e. The molecule has 0 amide bonds. The third-order valence-electron chi connectivity index (χ3n) is 5.29. The molecule has 0 aromatic heterocycles. The van der Waals surface area contributed by atoms with Crippen molar-refractivity contribution in [2.24, 2.45) is 0 Å². The Kier molecular flexibility index (Phi) is 7.29. The maximum atomic E-state index is 2.65. The van der Waals surface area contributed by atoms with Crippen molar-refractivity contribution in [3.8, 4) is 0 Å². The molecule has 1 atom stereocenters. The molecule has 0 heterocycles. The topological polar surface area (TPSA) is 3.24 Å². The quantitative estimate of drug-likeness (QED) is 0.657. The van der Waals surface area contributed by atoms with Gasteiger partial charge >= 0.3 is 0 Å². The lowest BCUT2D eigenvalue weighted by Gasteiger charge is -2.31. The second-order valence-electron chi connectivity index (χ2n) is 6.78. The highest BCUT2D eigenvalue weighted by Gasteiger charge is 2.17. The van der Waals surface area contributed by atoms with Gasteiger partial charge in [-0.3, -0.25) is 0 Å². The largest absolute Gasteiger partial charge is 0.303 e. The van der Waals surface area contributed by atoms with Crippen molar-refractivity contribution in [1.29, 1.82) is 0 Å². The summed E-state index contributed by atoms with van der Waals surface area (Å²) in [6.07, 6.45) is 12.6. The third kappa shape index (κ3) is 5.47. The molecule has 0 radical (unpaired) electrons. The fourth-order valence-corrected chi connectivity index (χ4v) is 3.75. The highest BCUT2D eigenvalue weighted by Crippen LogP contribution is 2.25. The molecule has 1 aromatic carbocycles. The molecule has 0 N–H and O–H groups in total.